The molecule has 0 saturated heterocycles. The molecule has 4 aromatic carbocycles. The van der Waals surface area contributed by atoms with Gasteiger partial charge in [0.25, 0.3) is 0 Å². The molecule has 7 heteroatoms. The molecule has 1 aromatic heterocycles. The van der Waals surface area contributed by atoms with Gasteiger partial charge in [-0.2, -0.15) is 23.4 Å². The van der Waals surface area contributed by atoms with E-state index in [0.717, 1.165) is 45.9 Å². The molecule has 4 nitrogen and oxygen atoms in total. The van der Waals surface area contributed by atoms with Gasteiger partial charge in [-0.25, -0.2) is 4.68 Å². The van der Waals surface area contributed by atoms with Gasteiger partial charge in [0.1, 0.15) is 0 Å². The molecular weight excluding hydrogens is 461 g/mol. The van der Waals surface area contributed by atoms with Crippen LogP contribution in [0, 0.1) is 0 Å². The standard InChI is InChI=1S/C29H21F3N4/c30-29(31,32)24-12-7-13-25(18-24)34-33-20-21-14-16-26(17-15-21)36-28(23-10-5-2-6-11-23)19-27(35-36)22-8-3-1-4-9-22/h1-20,34H. The summed E-state index contributed by atoms with van der Waals surface area (Å²) >= 11 is 0. The van der Waals surface area contributed by atoms with E-state index in [0.29, 0.717) is 0 Å². The molecule has 0 radical (unpaired) electrons. The van der Waals surface area contributed by atoms with E-state index in [-0.39, 0.29) is 5.69 Å². The summed E-state index contributed by atoms with van der Waals surface area (Å²) < 4.78 is 40.6. The zero-order chi connectivity index (χ0) is 25.0. The molecule has 0 bridgehead atoms. The van der Waals surface area contributed by atoms with Crippen LogP contribution in [0.1, 0.15) is 11.1 Å². The highest BCUT2D eigenvalue weighted by Gasteiger charge is 2.30. The fourth-order valence-electron chi connectivity index (χ4n) is 3.79. The number of hydrogen-bond acceptors (Lipinski definition) is 3. The number of hydrazone groups is 1. The van der Waals surface area contributed by atoms with Crippen LogP contribution < -0.4 is 5.43 Å². The van der Waals surface area contributed by atoms with Gasteiger partial charge in [0.15, 0.2) is 0 Å². The maximum absolute atomic E-state index is 12.9. The summed E-state index contributed by atoms with van der Waals surface area (Å²) in [6.07, 6.45) is -2.84. The van der Waals surface area contributed by atoms with Gasteiger partial charge in [0.2, 0.25) is 0 Å². The van der Waals surface area contributed by atoms with Crippen molar-refractivity contribution in [2.45, 2.75) is 6.18 Å². The summed E-state index contributed by atoms with van der Waals surface area (Å²) in [5.74, 6) is 0. The van der Waals surface area contributed by atoms with Crippen molar-refractivity contribution in [3.63, 3.8) is 0 Å². The highest BCUT2D eigenvalue weighted by molar-refractivity contribution is 5.80. The number of aromatic nitrogens is 2. The fourth-order valence-corrected chi connectivity index (χ4v) is 3.79. The zero-order valence-corrected chi connectivity index (χ0v) is 19.0. The Morgan fingerprint density at radius 3 is 2.06 bits per heavy atom. The van der Waals surface area contributed by atoms with E-state index in [1.54, 1.807) is 6.21 Å². The second-order valence-electron chi connectivity index (χ2n) is 8.10. The summed E-state index contributed by atoms with van der Waals surface area (Å²) in [7, 11) is 0. The van der Waals surface area contributed by atoms with Gasteiger partial charge >= 0.3 is 6.18 Å². The average Bonchev–Trinajstić information content (AvgIpc) is 3.36. The topological polar surface area (TPSA) is 42.2 Å². The molecule has 1 N–H and O–H groups in total. The van der Waals surface area contributed by atoms with Gasteiger partial charge in [-0.05, 0) is 42.0 Å². The van der Waals surface area contributed by atoms with Gasteiger partial charge in [-0.1, -0.05) is 78.9 Å². The zero-order valence-electron chi connectivity index (χ0n) is 19.0. The highest BCUT2D eigenvalue weighted by Crippen LogP contribution is 2.31. The van der Waals surface area contributed by atoms with Crippen LogP contribution in [0.3, 0.4) is 0 Å². The van der Waals surface area contributed by atoms with Gasteiger partial charge < -0.3 is 0 Å². The summed E-state index contributed by atoms with van der Waals surface area (Å²) in [5, 5.41) is 8.95. The van der Waals surface area contributed by atoms with Crippen molar-refractivity contribution in [2.24, 2.45) is 5.10 Å². The summed E-state index contributed by atoms with van der Waals surface area (Å²) in [4.78, 5) is 0. The summed E-state index contributed by atoms with van der Waals surface area (Å²) in [5.41, 5.74) is 7.75. The van der Waals surface area contributed by atoms with Crippen LogP contribution in [0.25, 0.3) is 28.2 Å². The van der Waals surface area contributed by atoms with E-state index < -0.39 is 11.7 Å². The number of benzene rings is 4. The van der Waals surface area contributed by atoms with Crippen LogP contribution in [0.4, 0.5) is 18.9 Å². The molecule has 0 fully saturated rings. The van der Waals surface area contributed by atoms with Crippen molar-refractivity contribution in [1.29, 1.82) is 0 Å². The Bertz CT molecular complexity index is 1470. The molecule has 0 amide bonds. The maximum atomic E-state index is 12.9. The van der Waals surface area contributed by atoms with Crippen molar-refractivity contribution in [1.82, 2.24) is 9.78 Å². The Kier molecular flexibility index (Phi) is 6.36. The van der Waals surface area contributed by atoms with Gasteiger partial charge in [0.05, 0.1) is 34.5 Å². The van der Waals surface area contributed by atoms with E-state index in [9.17, 15) is 13.2 Å². The fraction of sp³-hybridized carbons (Fsp3) is 0.0345. The molecule has 0 aliphatic rings. The Balaban J connectivity index is 1.39. The smallest absolute Gasteiger partial charge is 0.278 e. The molecule has 36 heavy (non-hydrogen) atoms. The largest absolute Gasteiger partial charge is 0.416 e. The lowest BCUT2D eigenvalue weighted by Crippen LogP contribution is -2.05. The first-order valence-electron chi connectivity index (χ1n) is 11.2. The monoisotopic (exact) mass is 482 g/mol. The van der Waals surface area contributed by atoms with Gasteiger partial charge in [-0.15, -0.1) is 0 Å². The van der Waals surface area contributed by atoms with Gasteiger partial charge in [0, 0.05) is 11.1 Å². The Labute approximate surface area is 206 Å². The van der Waals surface area contributed by atoms with Crippen LogP contribution in [0.5, 0.6) is 0 Å². The summed E-state index contributed by atoms with van der Waals surface area (Å²) in [6.45, 7) is 0. The second-order valence-corrected chi connectivity index (χ2v) is 8.10. The molecule has 0 atom stereocenters. The van der Waals surface area contributed by atoms with Crippen molar-refractivity contribution in [2.75, 3.05) is 5.43 Å². The molecule has 5 aromatic rings. The van der Waals surface area contributed by atoms with E-state index in [2.05, 4.69) is 16.6 Å². The first-order chi connectivity index (χ1) is 17.5. The molecule has 0 aliphatic heterocycles. The molecule has 1 heterocycles. The second kappa shape index (κ2) is 9.92. The van der Waals surface area contributed by atoms with Crippen LogP contribution in [-0.2, 0) is 6.18 Å². The molecule has 0 unspecified atom stereocenters. The SMILES string of the molecule is FC(F)(F)c1cccc(NN=Cc2ccc(-n3nc(-c4ccccc4)cc3-c3ccccc3)cc2)c1. The number of rotatable bonds is 6. The summed E-state index contributed by atoms with van der Waals surface area (Å²) in [6, 6.07) is 34.6. The molecule has 5 rings (SSSR count). The maximum Gasteiger partial charge on any atom is 0.416 e. The Morgan fingerprint density at radius 2 is 1.39 bits per heavy atom. The molecule has 0 spiro atoms. The number of alkyl halides is 3. The molecule has 178 valence electrons. The van der Waals surface area contributed by atoms with Crippen LogP contribution in [0.2, 0.25) is 0 Å². The van der Waals surface area contributed by atoms with Gasteiger partial charge in [-0.3, -0.25) is 5.43 Å². The number of halogens is 3. The third kappa shape index (κ3) is 5.20. The minimum Gasteiger partial charge on any atom is -0.278 e. The van der Waals surface area contributed by atoms with E-state index in [1.807, 2.05) is 89.6 Å². The molecule has 0 aliphatic carbocycles. The number of anilines is 1. The number of nitrogens with zero attached hydrogens (tertiary/aromatic N) is 3. The van der Waals surface area contributed by atoms with Crippen molar-refractivity contribution in [3.8, 4) is 28.2 Å². The van der Waals surface area contributed by atoms with E-state index in [1.165, 1.54) is 12.1 Å². The first kappa shape index (κ1) is 23.1. The molecular formula is C29H21F3N4. The lowest BCUT2D eigenvalue weighted by Gasteiger charge is -2.08. The first-order valence-corrected chi connectivity index (χ1v) is 11.2. The van der Waals surface area contributed by atoms with Crippen molar-refractivity contribution in [3.05, 3.63) is 126 Å². The average molecular weight is 483 g/mol. The third-order valence-electron chi connectivity index (χ3n) is 5.58. The number of nitrogens with one attached hydrogen (secondary N) is 1. The molecule has 0 saturated carbocycles. The van der Waals surface area contributed by atoms with Crippen molar-refractivity contribution < 1.29 is 13.2 Å². The quantitative estimate of drug-likeness (QED) is 0.199. The third-order valence-corrected chi connectivity index (χ3v) is 5.58. The number of hydrogen-bond donors (Lipinski definition) is 1. The predicted molar refractivity (Wildman–Crippen MR) is 137 cm³/mol. The minimum absolute atomic E-state index is 0.259. The lowest BCUT2D eigenvalue weighted by atomic mass is 10.1. The van der Waals surface area contributed by atoms with E-state index >= 15 is 0 Å². The van der Waals surface area contributed by atoms with E-state index in [4.69, 9.17) is 5.10 Å². The Morgan fingerprint density at radius 1 is 0.722 bits per heavy atom. The Hall–Kier alpha value is -4.65. The van der Waals surface area contributed by atoms with Crippen LogP contribution in [0.15, 0.2) is 120 Å². The van der Waals surface area contributed by atoms with Crippen LogP contribution in [-0.4, -0.2) is 16.0 Å². The predicted octanol–water partition coefficient (Wildman–Crippen LogP) is 7.67. The van der Waals surface area contributed by atoms with Crippen molar-refractivity contribution >= 4 is 11.9 Å². The highest BCUT2D eigenvalue weighted by atomic mass is 19.4. The minimum atomic E-state index is -4.40. The normalized spacial score (nSPS) is 11.6. The van der Waals surface area contributed by atoms with Crippen LogP contribution >= 0.6 is 0 Å². The lowest BCUT2D eigenvalue weighted by molar-refractivity contribution is -0.137.